The van der Waals surface area contributed by atoms with Crippen molar-refractivity contribution in [3.8, 4) is 0 Å². The molecule has 0 saturated heterocycles. The maximum Gasteiger partial charge on any atom is 0.134 e. The van der Waals surface area contributed by atoms with Crippen LogP contribution in [0.4, 0.5) is 0 Å². The van der Waals surface area contributed by atoms with Crippen LogP contribution in [-0.2, 0) is 13.2 Å². The van der Waals surface area contributed by atoms with E-state index in [1.54, 1.807) is 6.20 Å². The minimum absolute atomic E-state index is 0.0426. The number of aromatic nitrogens is 4. The zero-order valence-electron chi connectivity index (χ0n) is 10.2. The Morgan fingerprint density at radius 2 is 2.24 bits per heavy atom. The molecule has 2 aromatic heterocycles. The molecular weight excluding hydrogens is 216 g/mol. The van der Waals surface area contributed by atoms with Crippen LogP contribution in [0.15, 0.2) is 24.7 Å². The van der Waals surface area contributed by atoms with Gasteiger partial charge in [0.05, 0.1) is 12.2 Å². The number of nitrogens with zero attached hydrogens (tertiary/aromatic N) is 4. The Morgan fingerprint density at radius 3 is 2.94 bits per heavy atom. The molecule has 1 N–H and O–H groups in total. The van der Waals surface area contributed by atoms with Crippen molar-refractivity contribution in [2.75, 3.05) is 0 Å². The van der Waals surface area contributed by atoms with Gasteiger partial charge in [-0.1, -0.05) is 6.92 Å². The van der Waals surface area contributed by atoms with E-state index >= 15 is 0 Å². The predicted molar refractivity (Wildman–Crippen MR) is 64.5 cm³/mol. The Morgan fingerprint density at radius 1 is 1.41 bits per heavy atom. The number of rotatable bonds is 5. The lowest BCUT2D eigenvalue weighted by Crippen LogP contribution is -2.08. The average molecular weight is 234 g/mol. The van der Waals surface area contributed by atoms with Crippen LogP contribution in [0, 0.1) is 0 Å². The Hall–Kier alpha value is -1.62. The molecule has 2 aromatic rings. The fourth-order valence-electron chi connectivity index (χ4n) is 1.70. The van der Waals surface area contributed by atoms with E-state index in [0.717, 1.165) is 12.1 Å². The molecule has 5 heteroatoms. The van der Waals surface area contributed by atoms with Gasteiger partial charge in [-0.3, -0.25) is 4.68 Å². The maximum atomic E-state index is 9.11. The maximum absolute atomic E-state index is 9.11. The molecule has 0 aliphatic rings. The highest BCUT2D eigenvalue weighted by Gasteiger charge is 2.07. The highest BCUT2D eigenvalue weighted by Crippen LogP contribution is 2.10. The molecule has 0 aliphatic carbocycles. The molecule has 17 heavy (non-hydrogen) atoms. The first kappa shape index (κ1) is 11.9. The first-order valence-corrected chi connectivity index (χ1v) is 5.89. The quantitative estimate of drug-likeness (QED) is 0.854. The fourth-order valence-corrected chi connectivity index (χ4v) is 1.70. The van der Waals surface area contributed by atoms with Crippen molar-refractivity contribution in [1.82, 2.24) is 19.3 Å². The van der Waals surface area contributed by atoms with Crippen LogP contribution < -0.4 is 0 Å². The summed E-state index contributed by atoms with van der Waals surface area (Å²) in [5, 5.41) is 13.6. The summed E-state index contributed by atoms with van der Waals surface area (Å²) in [7, 11) is 0. The van der Waals surface area contributed by atoms with E-state index in [4.69, 9.17) is 5.11 Å². The van der Waals surface area contributed by atoms with E-state index in [9.17, 15) is 0 Å². The Bertz CT molecular complexity index is 474. The van der Waals surface area contributed by atoms with Crippen molar-refractivity contribution in [3.63, 3.8) is 0 Å². The van der Waals surface area contributed by atoms with Crippen LogP contribution in [0.2, 0.25) is 0 Å². The van der Waals surface area contributed by atoms with Crippen LogP contribution >= 0.6 is 0 Å². The number of hydrogen-bond acceptors (Lipinski definition) is 3. The van der Waals surface area contributed by atoms with E-state index in [-0.39, 0.29) is 6.61 Å². The summed E-state index contributed by atoms with van der Waals surface area (Å²) in [5.74, 6) is 0.670. The Kier molecular flexibility index (Phi) is 3.58. The van der Waals surface area contributed by atoms with Gasteiger partial charge in [-0.25, -0.2) is 4.98 Å². The molecule has 5 nitrogen and oxygen atoms in total. The second-order valence-corrected chi connectivity index (χ2v) is 4.17. The van der Waals surface area contributed by atoms with E-state index in [1.807, 2.05) is 27.7 Å². The van der Waals surface area contributed by atoms with Gasteiger partial charge in [-0.15, -0.1) is 0 Å². The first-order valence-electron chi connectivity index (χ1n) is 5.89. The smallest absolute Gasteiger partial charge is 0.134 e. The summed E-state index contributed by atoms with van der Waals surface area (Å²) in [5.41, 5.74) is 0.984. The monoisotopic (exact) mass is 234 g/mol. The highest BCUT2D eigenvalue weighted by molar-refractivity contribution is 5.03. The van der Waals surface area contributed by atoms with Crippen molar-refractivity contribution >= 4 is 0 Å². The van der Waals surface area contributed by atoms with Crippen molar-refractivity contribution in [1.29, 1.82) is 0 Å². The fraction of sp³-hybridized carbons (Fsp3) is 0.500. The second kappa shape index (κ2) is 5.14. The van der Waals surface area contributed by atoms with Crippen LogP contribution in [0.1, 0.15) is 37.8 Å². The summed E-state index contributed by atoms with van der Waals surface area (Å²) >= 11 is 0. The summed E-state index contributed by atoms with van der Waals surface area (Å²) < 4.78 is 3.88. The molecule has 1 unspecified atom stereocenters. The van der Waals surface area contributed by atoms with E-state index in [2.05, 4.69) is 23.9 Å². The molecule has 0 amide bonds. The van der Waals surface area contributed by atoms with Crippen molar-refractivity contribution in [2.45, 2.75) is 39.5 Å². The van der Waals surface area contributed by atoms with Crippen molar-refractivity contribution in [3.05, 3.63) is 36.2 Å². The molecule has 2 rings (SSSR count). The zero-order valence-corrected chi connectivity index (χ0v) is 10.2. The molecule has 92 valence electrons. The first-order chi connectivity index (χ1) is 8.24. The third-order valence-electron chi connectivity index (χ3n) is 2.98. The number of aliphatic hydroxyl groups excluding tert-OH is 1. The van der Waals surface area contributed by atoms with Gasteiger partial charge in [0.2, 0.25) is 0 Å². The molecule has 0 aromatic carbocycles. The number of hydrogen-bond donors (Lipinski definition) is 1. The van der Waals surface area contributed by atoms with Gasteiger partial charge in [0.15, 0.2) is 0 Å². The van der Waals surface area contributed by atoms with Gasteiger partial charge in [0, 0.05) is 24.6 Å². The van der Waals surface area contributed by atoms with E-state index in [1.165, 1.54) is 0 Å². The second-order valence-electron chi connectivity index (χ2n) is 4.17. The van der Waals surface area contributed by atoms with Crippen LogP contribution in [-0.4, -0.2) is 24.4 Å². The molecule has 0 spiro atoms. The minimum Gasteiger partial charge on any atom is -0.388 e. The third kappa shape index (κ3) is 2.55. The van der Waals surface area contributed by atoms with Gasteiger partial charge in [-0.2, -0.15) is 5.10 Å². The normalized spacial score (nSPS) is 12.9. The molecule has 1 atom stereocenters. The van der Waals surface area contributed by atoms with Crippen LogP contribution in [0.25, 0.3) is 0 Å². The van der Waals surface area contributed by atoms with E-state index < -0.39 is 0 Å². The van der Waals surface area contributed by atoms with Gasteiger partial charge >= 0.3 is 0 Å². The van der Waals surface area contributed by atoms with Crippen molar-refractivity contribution in [2.24, 2.45) is 0 Å². The topological polar surface area (TPSA) is 55.9 Å². The molecule has 0 bridgehead atoms. The summed E-state index contributed by atoms with van der Waals surface area (Å²) in [6, 6.07) is 2.43. The number of aliphatic hydroxyl groups is 1. The Balaban J connectivity index is 2.11. The molecule has 0 radical (unpaired) electrons. The summed E-state index contributed by atoms with van der Waals surface area (Å²) in [4.78, 5) is 4.07. The summed E-state index contributed by atoms with van der Waals surface area (Å²) in [6.07, 6.45) is 6.61. The van der Waals surface area contributed by atoms with Crippen LogP contribution in [0.3, 0.4) is 0 Å². The van der Waals surface area contributed by atoms with Crippen molar-refractivity contribution < 1.29 is 5.11 Å². The predicted octanol–water partition coefficient (Wildman–Crippen LogP) is 1.59. The molecule has 0 saturated carbocycles. The molecule has 2 heterocycles. The van der Waals surface area contributed by atoms with Gasteiger partial charge in [-0.05, 0) is 19.4 Å². The van der Waals surface area contributed by atoms with Gasteiger partial charge < -0.3 is 9.67 Å². The SMILES string of the molecule is CCC(C)n1ccc(Cn2ccnc2CO)n1. The molecule has 0 fully saturated rings. The third-order valence-corrected chi connectivity index (χ3v) is 2.98. The lowest BCUT2D eigenvalue weighted by molar-refractivity contribution is 0.266. The standard InChI is InChI=1S/C12H18N4O/c1-3-10(2)16-6-4-11(14-16)8-15-7-5-13-12(15)9-17/h4-7,10,17H,3,8-9H2,1-2H3. The summed E-state index contributed by atoms with van der Waals surface area (Å²) in [6.45, 7) is 4.90. The van der Waals surface area contributed by atoms with Gasteiger partial charge in [0.1, 0.15) is 12.4 Å². The zero-order chi connectivity index (χ0) is 12.3. The largest absolute Gasteiger partial charge is 0.388 e. The van der Waals surface area contributed by atoms with Crippen LogP contribution in [0.5, 0.6) is 0 Å². The molecule has 0 aliphatic heterocycles. The highest BCUT2D eigenvalue weighted by atomic mass is 16.3. The number of imidazole rings is 1. The lowest BCUT2D eigenvalue weighted by Gasteiger charge is -2.08. The van der Waals surface area contributed by atoms with E-state index in [0.29, 0.717) is 18.4 Å². The average Bonchev–Trinajstić information content (AvgIpc) is 2.97. The minimum atomic E-state index is -0.0426. The Labute approximate surface area is 101 Å². The lowest BCUT2D eigenvalue weighted by atomic mass is 10.3. The molecular formula is C12H18N4O. The van der Waals surface area contributed by atoms with Gasteiger partial charge in [0.25, 0.3) is 0 Å².